The van der Waals surface area contributed by atoms with Crippen LogP contribution in [0.15, 0.2) is 41.4 Å². The van der Waals surface area contributed by atoms with E-state index in [-0.39, 0.29) is 4.90 Å². The second-order valence-corrected chi connectivity index (χ2v) is 9.33. The molecule has 1 heterocycles. The number of nitrogens with one attached hydrogen (secondary N) is 1. The number of aromatic nitrogens is 1. The highest BCUT2D eigenvalue weighted by molar-refractivity contribution is 7.89. The largest absolute Gasteiger partial charge is 0.493 e. The molecule has 0 aliphatic carbocycles. The maximum Gasteiger partial charge on any atom is 0.406 e. The normalized spacial score (nSPS) is 13.4. The molecule has 10 heteroatoms. The van der Waals surface area contributed by atoms with E-state index in [1.54, 1.807) is 51.1 Å². The van der Waals surface area contributed by atoms with Gasteiger partial charge in [-0.15, -0.1) is 0 Å². The van der Waals surface area contributed by atoms with Gasteiger partial charge in [-0.25, -0.2) is 8.42 Å². The van der Waals surface area contributed by atoms with Crippen LogP contribution in [0.2, 0.25) is 0 Å². The predicted octanol–water partition coefficient (Wildman–Crippen LogP) is 4.49. The van der Waals surface area contributed by atoms with Crippen molar-refractivity contribution in [2.45, 2.75) is 44.4 Å². The molecule has 0 amide bonds. The van der Waals surface area contributed by atoms with Crippen LogP contribution < -0.4 is 14.2 Å². The Balaban J connectivity index is 2.01. The number of halogens is 3. The van der Waals surface area contributed by atoms with E-state index in [0.717, 1.165) is 5.56 Å². The first-order valence-electron chi connectivity index (χ1n) is 9.75. The zero-order chi connectivity index (χ0) is 23.8. The van der Waals surface area contributed by atoms with Crippen molar-refractivity contribution in [3.05, 3.63) is 53.2 Å². The van der Waals surface area contributed by atoms with E-state index in [0.29, 0.717) is 33.5 Å². The minimum Gasteiger partial charge on any atom is -0.493 e. The molecule has 0 aliphatic rings. The Morgan fingerprint density at radius 1 is 1.00 bits per heavy atom. The fourth-order valence-electron chi connectivity index (χ4n) is 3.92. The lowest BCUT2D eigenvalue weighted by atomic mass is 10.1. The van der Waals surface area contributed by atoms with Crippen LogP contribution in [0.25, 0.3) is 10.9 Å². The van der Waals surface area contributed by atoms with Gasteiger partial charge in [-0.05, 0) is 44.0 Å². The molecule has 0 saturated heterocycles. The van der Waals surface area contributed by atoms with Crippen molar-refractivity contribution in [1.29, 1.82) is 0 Å². The van der Waals surface area contributed by atoms with E-state index in [1.807, 2.05) is 4.72 Å². The van der Waals surface area contributed by atoms with Gasteiger partial charge in [0.15, 0.2) is 11.5 Å². The summed E-state index contributed by atoms with van der Waals surface area (Å²) in [6.45, 7) is 4.28. The first-order valence-corrected chi connectivity index (χ1v) is 11.2. The number of ether oxygens (including phenoxy) is 2. The molecule has 2 aromatic carbocycles. The van der Waals surface area contributed by atoms with Crippen LogP contribution in [-0.4, -0.2) is 39.4 Å². The topological polar surface area (TPSA) is 69.6 Å². The van der Waals surface area contributed by atoms with Crippen LogP contribution >= 0.6 is 0 Å². The van der Waals surface area contributed by atoms with Crippen LogP contribution in [0.5, 0.6) is 11.5 Å². The van der Waals surface area contributed by atoms with Gasteiger partial charge in [0.2, 0.25) is 10.0 Å². The standard InChI is InChI=1S/C22H25F3N2O4S/c1-13-8-14(2)21(15(3)9-13)32(28,29)26-20(22(23,24)25)12-27-7-6-16-10-18(30-4)19(31-5)11-17(16)27/h6-11,20,26H,12H2,1-5H3. The third-order valence-corrected chi connectivity index (χ3v) is 7.00. The van der Waals surface area contributed by atoms with Crippen LogP contribution in [0, 0.1) is 20.8 Å². The van der Waals surface area contributed by atoms with E-state index in [9.17, 15) is 21.6 Å². The van der Waals surface area contributed by atoms with Crippen LogP contribution in [0.3, 0.4) is 0 Å². The lowest BCUT2D eigenvalue weighted by molar-refractivity contribution is -0.154. The summed E-state index contributed by atoms with van der Waals surface area (Å²) in [6.07, 6.45) is -3.34. The number of fused-ring (bicyclic) bond motifs is 1. The molecule has 6 nitrogen and oxygen atoms in total. The molecular formula is C22H25F3N2O4S. The van der Waals surface area contributed by atoms with E-state index < -0.39 is 28.8 Å². The summed E-state index contributed by atoms with van der Waals surface area (Å²) < 4.78 is 81.3. The zero-order valence-corrected chi connectivity index (χ0v) is 19.2. The Morgan fingerprint density at radius 3 is 2.09 bits per heavy atom. The quantitative estimate of drug-likeness (QED) is 0.552. The summed E-state index contributed by atoms with van der Waals surface area (Å²) >= 11 is 0. The number of aryl methyl sites for hydroxylation is 3. The van der Waals surface area contributed by atoms with Gasteiger partial charge < -0.3 is 14.0 Å². The summed E-state index contributed by atoms with van der Waals surface area (Å²) in [7, 11) is -1.54. The third kappa shape index (κ3) is 4.71. The van der Waals surface area contributed by atoms with Gasteiger partial charge in [-0.3, -0.25) is 0 Å². The Hall–Kier alpha value is -2.72. The SMILES string of the molecule is COc1cc2ccn(CC(NS(=O)(=O)c3c(C)cc(C)cc3C)C(F)(F)F)c2cc1OC. The van der Waals surface area contributed by atoms with Crippen LogP contribution in [0.1, 0.15) is 16.7 Å². The Labute approximate surface area is 185 Å². The molecule has 0 spiro atoms. The molecule has 1 atom stereocenters. The third-order valence-electron chi connectivity index (χ3n) is 5.22. The maximum atomic E-state index is 13.9. The van der Waals surface area contributed by atoms with Crippen molar-refractivity contribution in [2.24, 2.45) is 0 Å². The van der Waals surface area contributed by atoms with Crippen molar-refractivity contribution < 1.29 is 31.1 Å². The van der Waals surface area contributed by atoms with Crippen molar-refractivity contribution in [3.63, 3.8) is 0 Å². The highest BCUT2D eigenvalue weighted by Crippen LogP contribution is 2.34. The molecule has 0 bridgehead atoms. The fourth-order valence-corrected chi connectivity index (χ4v) is 5.58. The molecule has 0 aliphatic heterocycles. The minimum atomic E-state index is -4.81. The summed E-state index contributed by atoms with van der Waals surface area (Å²) in [5.41, 5.74) is 2.06. The van der Waals surface area contributed by atoms with E-state index in [4.69, 9.17) is 9.47 Å². The molecule has 3 aromatic rings. The number of hydrogen-bond donors (Lipinski definition) is 1. The first-order chi connectivity index (χ1) is 14.9. The maximum absolute atomic E-state index is 13.9. The molecule has 1 aromatic heterocycles. The van der Waals surface area contributed by atoms with Gasteiger partial charge in [-0.2, -0.15) is 17.9 Å². The lowest BCUT2D eigenvalue weighted by Crippen LogP contribution is -2.48. The minimum absolute atomic E-state index is 0.138. The lowest BCUT2D eigenvalue weighted by Gasteiger charge is -2.24. The molecule has 0 radical (unpaired) electrons. The highest BCUT2D eigenvalue weighted by atomic mass is 32.2. The highest BCUT2D eigenvalue weighted by Gasteiger charge is 2.43. The number of nitrogens with zero attached hydrogens (tertiary/aromatic N) is 1. The molecular weight excluding hydrogens is 445 g/mol. The molecule has 3 rings (SSSR count). The Bertz CT molecular complexity index is 1230. The van der Waals surface area contributed by atoms with Crippen molar-refractivity contribution in [1.82, 2.24) is 9.29 Å². The van der Waals surface area contributed by atoms with Crippen molar-refractivity contribution in [3.8, 4) is 11.5 Å². The van der Waals surface area contributed by atoms with Gasteiger partial charge in [-0.1, -0.05) is 17.7 Å². The van der Waals surface area contributed by atoms with E-state index in [1.165, 1.54) is 25.0 Å². The molecule has 1 unspecified atom stereocenters. The van der Waals surface area contributed by atoms with Gasteiger partial charge in [0.05, 0.1) is 24.6 Å². The summed E-state index contributed by atoms with van der Waals surface area (Å²) in [4.78, 5) is -0.138. The second-order valence-electron chi connectivity index (χ2n) is 7.68. The fraction of sp³-hybridized carbons (Fsp3) is 0.364. The number of sulfonamides is 1. The average Bonchev–Trinajstić information content (AvgIpc) is 3.06. The number of methoxy groups -OCH3 is 2. The molecule has 1 N–H and O–H groups in total. The van der Waals surface area contributed by atoms with Crippen LogP contribution in [0.4, 0.5) is 13.2 Å². The monoisotopic (exact) mass is 470 g/mol. The van der Waals surface area contributed by atoms with Gasteiger partial charge in [0.25, 0.3) is 0 Å². The smallest absolute Gasteiger partial charge is 0.406 e. The molecule has 174 valence electrons. The number of rotatable bonds is 7. The summed E-state index contributed by atoms with van der Waals surface area (Å²) in [6, 6.07) is 5.76. The van der Waals surface area contributed by atoms with Gasteiger partial charge in [0, 0.05) is 24.2 Å². The summed E-state index contributed by atoms with van der Waals surface area (Å²) in [5.74, 6) is 0.797. The van der Waals surface area contributed by atoms with E-state index in [2.05, 4.69) is 0 Å². The van der Waals surface area contributed by atoms with Crippen molar-refractivity contribution >= 4 is 20.9 Å². The summed E-state index contributed by atoms with van der Waals surface area (Å²) in [5, 5.41) is 0.636. The zero-order valence-electron chi connectivity index (χ0n) is 18.4. The van der Waals surface area contributed by atoms with Gasteiger partial charge in [0.1, 0.15) is 6.04 Å². The number of benzene rings is 2. The first kappa shape index (κ1) is 23.9. The molecule has 0 fully saturated rings. The number of alkyl halides is 3. The Morgan fingerprint density at radius 2 is 1.56 bits per heavy atom. The van der Waals surface area contributed by atoms with Crippen molar-refractivity contribution in [2.75, 3.05) is 14.2 Å². The van der Waals surface area contributed by atoms with Crippen LogP contribution in [-0.2, 0) is 16.6 Å². The average molecular weight is 471 g/mol. The molecule has 32 heavy (non-hydrogen) atoms. The van der Waals surface area contributed by atoms with Gasteiger partial charge >= 0.3 is 6.18 Å². The number of hydrogen-bond acceptors (Lipinski definition) is 4. The molecule has 0 saturated carbocycles. The Kier molecular flexibility index (Phi) is 6.48. The van der Waals surface area contributed by atoms with E-state index >= 15 is 0 Å². The predicted molar refractivity (Wildman–Crippen MR) is 116 cm³/mol. The second kappa shape index (κ2) is 8.67.